The first kappa shape index (κ1) is 9.76. The molecule has 0 aromatic heterocycles. The van der Waals surface area contributed by atoms with E-state index >= 15 is 0 Å². The second-order valence-corrected chi connectivity index (χ2v) is 4.77. The van der Waals surface area contributed by atoms with Crippen LogP contribution in [-0.4, -0.2) is 0 Å². The number of hydrogen-bond donors (Lipinski definition) is 0. The molecule has 1 fully saturated rings. The maximum absolute atomic E-state index is 2.29. The first-order valence-electron chi connectivity index (χ1n) is 5.89. The first-order valence-corrected chi connectivity index (χ1v) is 5.89. The van der Waals surface area contributed by atoms with Gasteiger partial charge in [-0.25, -0.2) is 0 Å². The Hall–Kier alpha value is -0.780. The predicted octanol–water partition coefficient (Wildman–Crippen LogP) is 4.20. The van der Waals surface area contributed by atoms with Crippen LogP contribution in [-0.2, 0) is 6.42 Å². The van der Waals surface area contributed by atoms with E-state index in [1.165, 1.54) is 44.1 Å². The largest absolute Gasteiger partial charge is 0.0654 e. The van der Waals surface area contributed by atoms with Crippen LogP contribution in [0.4, 0.5) is 0 Å². The number of rotatable bonds is 5. The Bertz CT molecular complexity index is 269. The molecule has 0 nitrogen and oxygen atoms in total. The highest BCUT2D eigenvalue weighted by molar-refractivity contribution is 5.18. The van der Waals surface area contributed by atoms with Crippen LogP contribution in [0, 0.1) is 5.41 Å². The number of unbranched alkanes of at least 4 members (excludes halogenated alkanes) is 1. The van der Waals surface area contributed by atoms with Crippen LogP contribution in [0.15, 0.2) is 30.3 Å². The second-order valence-electron chi connectivity index (χ2n) is 4.77. The maximum atomic E-state index is 2.29. The van der Waals surface area contributed by atoms with Crippen LogP contribution < -0.4 is 0 Å². The molecule has 1 aromatic rings. The molecule has 0 amide bonds. The highest BCUT2D eigenvalue weighted by Gasteiger charge is 2.41. The number of benzene rings is 1. The monoisotopic (exact) mass is 188 g/mol. The van der Waals surface area contributed by atoms with Gasteiger partial charge in [-0.15, -0.1) is 0 Å². The molecule has 0 atom stereocenters. The highest BCUT2D eigenvalue weighted by Crippen LogP contribution is 2.52. The van der Waals surface area contributed by atoms with Gasteiger partial charge in [-0.3, -0.25) is 0 Å². The molecule has 2 rings (SSSR count). The van der Waals surface area contributed by atoms with Crippen molar-refractivity contribution >= 4 is 0 Å². The standard InChI is InChI=1S/C14H20/c1-2-3-9-14(10-11-14)12-13-7-5-4-6-8-13/h4-8H,2-3,9-12H2,1H3. The summed E-state index contributed by atoms with van der Waals surface area (Å²) in [5.41, 5.74) is 2.23. The molecule has 0 unspecified atom stereocenters. The lowest BCUT2D eigenvalue weighted by Crippen LogP contribution is -2.04. The molecule has 0 N–H and O–H groups in total. The second kappa shape index (κ2) is 4.16. The zero-order valence-electron chi connectivity index (χ0n) is 9.13. The third-order valence-electron chi connectivity index (χ3n) is 3.44. The summed E-state index contributed by atoms with van der Waals surface area (Å²) < 4.78 is 0. The van der Waals surface area contributed by atoms with Crippen molar-refractivity contribution in [1.29, 1.82) is 0 Å². The SMILES string of the molecule is CCCCC1(Cc2ccccc2)CC1. The zero-order chi connectivity index (χ0) is 9.86. The molecule has 1 aromatic carbocycles. The van der Waals surface area contributed by atoms with E-state index < -0.39 is 0 Å². The normalized spacial score (nSPS) is 18.1. The molecule has 0 heterocycles. The molecule has 0 saturated heterocycles. The van der Waals surface area contributed by atoms with E-state index in [2.05, 4.69) is 37.3 Å². The summed E-state index contributed by atoms with van der Waals surface area (Å²) >= 11 is 0. The number of hydrogen-bond acceptors (Lipinski definition) is 0. The molecule has 0 heteroatoms. The van der Waals surface area contributed by atoms with Crippen molar-refractivity contribution in [3.05, 3.63) is 35.9 Å². The Labute approximate surface area is 87.3 Å². The average molecular weight is 188 g/mol. The molecule has 1 saturated carbocycles. The summed E-state index contributed by atoms with van der Waals surface area (Å²) in [6.07, 6.45) is 8.43. The Kier molecular flexibility index (Phi) is 2.90. The Morgan fingerprint density at radius 3 is 2.43 bits per heavy atom. The fourth-order valence-electron chi connectivity index (χ4n) is 2.27. The molecule has 0 radical (unpaired) electrons. The molecule has 0 bridgehead atoms. The van der Waals surface area contributed by atoms with Crippen molar-refractivity contribution in [2.24, 2.45) is 5.41 Å². The van der Waals surface area contributed by atoms with E-state index in [0.717, 1.165) is 0 Å². The van der Waals surface area contributed by atoms with E-state index in [1.54, 1.807) is 0 Å². The minimum Gasteiger partial charge on any atom is -0.0654 e. The van der Waals surface area contributed by atoms with Gasteiger partial charge in [-0.2, -0.15) is 0 Å². The maximum Gasteiger partial charge on any atom is -0.0222 e. The van der Waals surface area contributed by atoms with Gasteiger partial charge < -0.3 is 0 Å². The molecule has 76 valence electrons. The van der Waals surface area contributed by atoms with Crippen LogP contribution in [0.5, 0.6) is 0 Å². The first-order chi connectivity index (χ1) is 6.85. The third kappa shape index (κ3) is 2.37. The topological polar surface area (TPSA) is 0 Å². The predicted molar refractivity (Wildman–Crippen MR) is 61.3 cm³/mol. The highest BCUT2D eigenvalue weighted by atomic mass is 14.5. The van der Waals surface area contributed by atoms with Gasteiger partial charge in [-0.05, 0) is 36.7 Å². The Balaban J connectivity index is 1.91. The van der Waals surface area contributed by atoms with Crippen molar-refractivity contribution in [3.63, 3.8) is 0 Å². The fourth-order valence-corrected chi connectivity index (χ4v) is 2.27. The van der Waals surface area contributed by atoms with E-state index in [-0.39, 0.29) is 0 Å². The van der Waals surface area contributed by atoms with E-state index in [0.29, 0.717) is 5.41 Å². The molecular formula is C14H20. The van der Waals surface area contributed by atoms with Crippen molar-refractivity contribution < 1.29 is 0 Å². The molecule has 0 spiro atoms. The van der Waals surface area contributed by atoms with Gasteiger partial charge in [0.2, 0.25) is 0 Å². The molecule has 1 aliphatic carbocycles. The summed E-state index contributed by atoms with van der Waals surface area (Å²) in [7, 11) is 0. The molecule has 1 aliphatic rings. The zero-order valence-corrected chi connectivity index (χ0v) is 9.13. The Morgan fingerprint density at radius 1 is 1.14 bits per heavy atom. The fraction of sp³-hybridized carbons (Fsp3) is 0.571. The minimum atomic E-state index is 0.706. The average Bonchev–Trinajstić information content (AvgIpc) is 2.97. The summed E-state index contributed by atoms with van der Waals surface area (Å²) in [4.78, 5) is 0. The van der Waals surface area contributed by atoms with E-state index in [1.807, 2.05) is 0 Å². The van der Waals surface area contributed by atoms with Crippen LogP contribution >= 0.6 is 0 Å². The van der Waals surface area contributed by atoms with Crippen molar-refractivity contribution in [3.8, 4) is 0 Å². The lowest BCUT2D eigenvalue weighted by molar-refractivity contribution is 0.442. The molecule has 14 heavy (non-hydrogen) atoms. The van der Waals surface area contributed by atoms with Gasteiger partial charge in [0.25, 0.3) is 0 Å². The smallest absolute Gasteiger partial charge is 0.0222 e. The van der Waals surface area contributed by atoms with Gasteiger partial charge in [0.1, 0.15) is 0 Å². The molecule has 0 aliphatic heterocycles. The van der Waals surface area contributed by atoms with E-state index in [9.17, 15) is 0 Å². The van der Waals surface area contributed by atoms with Crippen molar-refractivity contribution in [2.45, 2.75) is 45.4 Å². The van der Waals surface area contributed by atoms with Gasteiger partial charge in [0.05, 0.1) is 0 Å². The summed E-state index contributed by atoms with van der Waals surface area (Å²) in [5.74, 6) is 0. The third-order valence-corrected chi connectivity index (χ3v) is 3.44. The van der Waals surface area contributed by atoms with Crippen LogP contribution in [0.3, 0.4) is 0 Å². The van der Waals surface area contributed by atoms with Gasteiger partial charge in [0.15, 0.2) is 0 Å². The quantitative estimate of drug-likeness (QED) is 0.649. The van der Waals surface area contributed by atoms with Crippen LogP contribution in [0.1, 0.15) is 44.6 Å². The summed E-state index contributed by atoms with van der Waals surface area (Å²) in [5, 5.41) is 0. The van der Waals surface area contributed by atoms with Gasteiger partial charge in [0, 0.05) is 0 Å². The lowest BCUT2D eigenvalue weighted by atomic mass is 9.91. The minimum absolute atomic E-state index is 0.706. The lowest BCUT2D eigenvalue weighted by Gasteiger charge is -2.14. The van der Waals surface area contributed by atoms with E-state index in [4.69, 9.17) is 0 Å². The van der Waals surface area contributed by atoms with Gasteiger partial charge in [-0.1, -0.05) is 50.1 Å². The Morgan fingerprint density at radius 2 is 1.86 bits per heavy atom. The summed E-state index contributed by atoms with van der Waals surface area (Å²) in [6, 6.07) is 11.0. The van der Waals surface area contributed by atoms with Crippen LogP contribution in [0.25, 0.3) is 0 Å². The van der Waals surface area contributed by atoms with Gasteiger partial charge >= 0.3 is 0 Å². The van der Waals surface area contributed by atoms with Crippen LogP contribution in [0.2, 0.25) is 0 Å². The molecular weight excluding hydrogens is 168 g/mol. The van der Waals surface area contributed by atoms with Crippen molar-refractivity contribution in [1.82, 2.24) is 0 Å². The van der Waals surface area contributed by atoms with Crippen molar-refractivity contribution in [2.75, 3.05) is 0 Å². The summed E-state index contributed by atoms with van der Waals surface area (Å²) in [6.45, 7) is 2.29.